The van der Waals surface area contributed by atoms with Gasteiger partial charge in [-0.3, -0.25) is 0 Å². The Balaban J connectivity index is 1.59. The Labute approximate surface area is 145 Å². The molecule has 0 unspecified atom stereocenters. The van der Waals surface area contributed by atoms with Crippen molar-refractivity contribution in [3.05, 3.63) is 40.1 Å². The highest BCUT2D eigenvalue weighted by atomic mass is 79.9. The van der Waals surface area contributed by atoms with Gasteiger partial charge in [-0.1, -0.05) is 71.9 Å². The van der Waals surface area contributed by atoms with Crippen molar-refractivity contribution in [1.29, 1.82) is 0 Å². The molecule has 1 aliphatic rings. The summed E-state index contributed by atoms with van der Waals surface area (Å²) in [5, 5.41) is 9.82. The summed E-state index contributed by atoms with van der Waals surface area (Å²) in [5.74, 6) is 2.88. The van der Waals surface area contributed by atoms with E-state index in [1.54, 1.807) is 11.8 Å². The van der Waals surface area contributed by atoms with Crippen LogP contribution in [0, 0.1) is 5.92 Å². The zero-order chi connectivity index (χ0) is 15.4. The van der Waals surface area contributed by atoms with E-state index in [0.29, 0.717) is 0 Å². The molecule has 5 heteroatoms. The Morgan fingerprint density at radius 2 is 1.86 bits per heavy atom. The second-order valence-electron chi connectivity index (χ2n) is 6.08. The number of thioether (sulfide) groups is 1. The maximum atomic E-state index is 4.42. The Kier molecular flexibility index (Phi) is 5.58. The van der Waals surface area contributed by atoms with Crippen LogP contribution in [-0.2, 0) is 19.2 Å². The minimum absolute atomic E-state index is 0.806. The molecule has 1 aromatic carbocycles. The second-order valence-corrected chi connectivity index (χ2v) is 7.94. The number of nitrogens with zero attached hydrogens (tertiary/aromatic N) is 3. The van der Waals surface area contributed by atoms with Crippen molar-refractivity contribution < 1.29 is 0 Å². The van der Waals surface area contributed by atoms with Gasteiger partial charge in [-0.2, -0.15) is 0 Å². The van der Waals surface area contributed by atoms with Crippen LogP contribution in [0.1, 0.15) is 43.5 Å². The standard InChI is InChI=1S/C17H22BrN3S/c1-21-16(11-13-5-3-2-4-6-13)19-20-17(21)22-12-14-7-9-15(18)10-8-14/h7-10,13H,2-6,11-12H2,1H3. The van der Waals surface area contributed by atoms with Gasteiger partial charge in [0.2, 0.25) is 0 Å². The molecular weight excluding hydrogens is 358 g/mol. The summed E-state index contributed by atoms with van der Waals surface area (Å²) in [6.45, 7) is 0. The van der Waals surface area contributed by atoms with Crippen LogP contribution in [-0.4, -0.2) is 14.8 Å². The van der Waals surface area contributed by atoms with Crippen molar-refractivity contribution in [1.82, 2.24) is 14.8 Å². The zero-order valence-electron chi connectivity index (χ0n) is 13.0. The molecule has 0 amide bonds. The lowest BCUT2D eigenvalue weighted by atomic mass is 9.87. The molecular formula is C17H22BrN3S. The van der Waals surface area contributed by atoms with E-state index in [-0.39, 0.29) is 0 Å². The van der Waals surface area contributed by atoms with Crippen LogP contribution in [0.15, 0.2) is 33.9 Å². The average molecular weight is 380 g/mol. The van der Waals surface area contributed by atoms with E-state index in [4.69, 9.17) is 0 Å². The monoisotopic (exact) mass is 379 g/mol. The first-order chi connectivity index (χ1) is 10.7. The molecule has 1 aliphatic carbocycles. The maximum absolute atomic E-state index is 4.42. The molecule has 22 heavy (non-hydrogen) atoms. The first-order valence-electron chi connectivity index (χ1n) is 7.98. The third kappa shape index (κ3) is 4.13. The van der Waals surface area contributed by atoms with Gasteiger partial charge in [0, 0.05) is 23.7 Å². The molecule has 1 heterocycles. The van der Waals surface area contributed by atoms with Gasteiger partial charge < -0.3 is 4.57 Å². The Bertz CT molecular complexity index is 603. The van der Waals surface area contributed by atoms with E-state index in [0.717, 1.165) is 33.5 Å². The third-order valence-corrected chi connectivity index (χ3v) is 6.02. The smallest absolute Gasteiger partial charge is 0.191 e. The minimum atomic E-state index is 0.806. The van der Waals surface area contributed by atoms with Crippen LogP contribution >= 0.6 is 27.7 Å². The summed E-state index contributed by atoms with van der Waals surface area (Å²) in [6.07, 6.45) is 7.97. The van der Waals surface area contributed by atoms with Gasteiger partial charge in [0.05, 0.1) is 0 Å². The van der Waals surface area contributed by atoms with Crippen LogP contribution in [0.4, 0.5) is 0 Å². The van der Waals surface area contributed by atoms with Crippen molar-refractivity contribution in [3.8, 4) is 0 Å². The first kappa shape index (κ1) is 16.1. The molecule has 2 aromatic rings. The molecule has 3 rings (SSSR count). The SMILES string of the molecule is Cn1c(CC2CCCCC2)nnc1SCc1ccc(Br)cc1. The number of rotatable bonds is 5. The van der Waals surface area contributed by atoms with E-state index in [9.17, 15) is 0 Å². The van der Waals surface area contributed by atoms with Crippen LogP contribution in [0.25, 0.3) is 0 Å². The molecule has 0 atom stereocenters. The van der Waals surface area contributed by atoms with E-state index in [2.05, 4.69) is 62.0 Å². The quantitative estimate of drug-likeness (QED) is 0.685. The molecule has 0 spiro atoms. The van der Waals surface area contributed by atoms with Gasteiger partial charge in [0.1, 0.15) is 5.82 Å². The molecule has 3 nitrogen and oxygen atoms in total. The highest BCUT2D eigenvalue weighted by molar-refractivity contribution is 9.10. The molecule has 1 saturated carbocycles. The number of benzene rings is 1. The number of hydrogen-bond acceptors (Lipinski definition) is 3. The first-order valence-corrected chi connectivity index (χ1v) is 9.76. The summed E-state index contributed by atoms with van der Waals surface area (Å²) in [6, 6.07) is 8.47. The van der Waals surface area contributed by atoms with Crippen molar-refractivity contribution in [2.45, 2.75) is 49.4 Å². The van der Waals surface area contributed by atoms with Gasteiger partial charge in [-0.25, -0.2) is 0 Å². The van der Waals surface area contributed by atoms with Gasteiger partial charge in [-0.15, -0.1) is 10.2 Å². The van der Waals surface area contributed by atoms with Crippen LogP contribution in [0.2, 0.25) is 0 Å². The number of hydrogen-bond donors (Lipinski definition) is 0. The lowest BCUT2D eigenvalue weighted by molar-refractivity contribution is 0.348. The van der Waals surface area contributed by atoms with E-state index in [1.165, 1.54) is 37.7 Å². The Morgan fingerprint density at radius 3 is 2.59 bits per heavy atom. The summed E-state index contributed by atoms with van der Waals surface area (Å²) in [4.78, 5) is 0. The summed E-state index contributed by atoms with van der Waals surface area (Å²) in [7, 11) is 2.10. The largest absolute Gasteiger partial charge is 0.309 e. The summed E-state index contributed by atoms with van der Waals surface area (Å²) < 4.78 is 3.30. The number of aromatic nitrogens is 3. The topological polar surface area (TPSA) is 30.7 Å². The fourth-order valence-corrected chi connectivity index (χ4v) is 4.18. The fraction of sp³-hybridized carbons (Fsp3) is 0.529. The van der Waals surface area contributed by atoms with Crippen LogP contribution < -0.4 is 0 Å². The molecule has 1 fully saturated rings. The molecule has 118 valence electrons. The average Bonchev–Trinajstić information content (AvgIpc) is 2.88. The normalized spacial score (nSPS) is 16.1. The van der Waals surface area contributed by atoms with E-state index >= 15 is 0 Å². The van der Waals surface area contributed by atoms with Gasteiger partial charge in [0.15, 0.2) is 5.16 Å². The Hall–Kier alpha value is -0.810. The third-order valence-electron chi connectivity index (χ3n) is 4.40. The summed E-state index contributed by atoms with van der Waals surface area (Å²) >= 11 is 5.23. The Morgan fingerprint density at radius 1 is 1.14 bits per heavy atom. The highest BCUT2D eigenvalue weighted by Crippen LogP contribution is 2.28. The molecule has 0 aliphatic heterocycles. The van der Waals surface area contributed by atoms with Crippen molar-refractivity contribution >= 4 is 27.7 Å². The van der Waals surface area contributed by atoms with Crippen molar-refractivity contribution in [3.63, 3.8) is 0 Å². The lowest BCUT2D eigenvalue weighted by Gasteiger charge is -2.20. The van der Waals surface area contributed by atoms with Crippen LogP contribution in [0.3, 0.4) is 0 Å². The number of halogens is 1. The molecule has 0 N–H and O–H groups in total. The maximum Gasteiger partial charge on any atom is 0.191 e. The lowest BCUT2D eigenvalue weighted by Crippen LogP contribution is -2.12. The molecule has 0 saturated heterocycles. The predicted molar refractivity (Wildman–Crippen MR) is 95.0 cm³/mol. The zero-order valence-corrected chi connectivity index (χ0v) is 15.4. The minimum Gasteiger partial charge on any atom is -0.309 e. The molecule has 0 bridgehead atoms. The van der Waals surface area contributed by atoms with Crippen molar-refractivity contribution in [2.75, 3.05) is 0 Å². The van der Waals surface area contributed by atoms with Gasteiger partial charge in [0.25, 0.3) is 0 Å². The highest BCUT2D eigenvalue weighted by Gasteiger charge is 2.18. The fourth-order valence-electron chi connectivity index (χ4n) is 3.03. The van der Waals surface area contributed by atoms with E-state index < -0.39 is 0 Å². The van der Waals surface area contributed by atoms with Crippen molar-refractivity contribution in [2.24, 2.45) is 13.0 Å². The van der Waals surface area contributed by atoms with Gasteiger partial charge in [-0.05, 0) is 23.6 Å². The molecule has 0 radical (unpaired) electrons. The van der Waals surface area contributed by atoms with Crippen LogP contribution in [0.5, 0.6) is 0 Å². The second kappa shape index (κ2) is 7.64. The predicted octanol–water partition coefficient (Wildman–Crippen LogP) is 4.99. The van der Waals surface area contributed by atoms with E-state index in [1.807, 2.05) is 0 Å². The van der Waals surface area contributed by atoms with Gasteiger partial charge >= 0.3 is 0 Å². The molecule has 1 aromatic heterocycles. The summed E-state index contributed by atoms with van der Waals surface area (Å²) in [5.41, 5.74) is 1.31.